The van der Waals surface area contributed by atoms with Gasteiger partial charge in [0.05, 0.1) is 11.7 Å². The summed E-state index contributed by atoms with van der Waals surface area (Å²) in [6.45, 7) is 8.10. The number of aromatic nitrogens is 1. The number of carbonyl (C=O) groups is 1. The molecule has 1 rings (SSSR count). The van der Waals surface area contributed by atoms with Crippen molar-refractivity contribution in [3.05, 3.63) is 22.3 Å². The number of ether oxygens (including phenoxy) is 1. The first-order chi connectivity index (χ1) is 10.0. The van der Waals surface area contributed by atoms with E-state index in [1.165, 1.54) is 0 Å². The number of carbonyl (C=O) groups excluding carboxylic acids is 1. The summed E-state index contributed by atoms with van der Waals surface area (Å²) in [5.41, 5.74) is 0.560. The van der Waals surface area contributed by atoms with Crippen molar-refractivity contribution in [2.24, 2.45) is 0 Å². The summed E-state index contributed by atoms with van der Waals surface area (Å²) in [6, 6.07) is 1.78. The van der Waals surface area contributed by atoms with Gasteiger partial charge in [-0.25, -0.2) is 4.98 Å². The van der Waals surface area contributed by atoms with Gasteiger partial charge in [-0.1, -0.05) is 0 Å². The molecule has 1 amide bonds. The minimum absolute atomic E-state index is 0.107. The largest absolute Gasteiger partial charge is 0.379 e. The zero-order valence-corrected chi connectivity index (χ0v) is 14.5. The Morgan fingerprint density at radius 3 is 2.86 bits per heavy atom. The lowest BCUT2D eigenvalue weighted by molar-refractivity contribution is 0.0754. The Balaban J connectivity index is 2.42. The Morgan fingerprint density at radius 1 is 1.43 bits per heavy atom. The number of pyridine rings is 1. The second kappa shape index (κ2) is 9.73. The van der Waals surface area contributed by atoms with Gasteiger partial charge in [-0.3, -0.25) is 4.79 Å². The molecule has 0 saturated heterocycles. The number of unbranched alkanes of at least 4 members (excludes halogenated alkanes) is 1. The molecule has 0 aliphatic carbocycles. The monoisotopic (exact) mass is 357 g/mol. The van der Waals surface area contributed by atoms with Gasteiger partial charge in [-0.05, 0) is 55.6 Å². The summed E-state index contributed by atoms with van der Waals surface area (Å²) in [6.07, 6.45) is 3.78. The SMILES string of the molecule is CCNc1ncc(Br)cc1C(=O)NCCCCOC(C)C. The van der Waals surface area contributed by atoms with Crippen LogP contribution in [0.15, 0.2) is 16.7 Å². The number of hydrogen-bond acceptors (Lipinski definition) is 4. The van der Waals surface area contributed by atoms with Gasteiger partial charge in [-0.15, -0.1) is 0 Å². The van der Waals surface area contributed by atoms with E-state index >= 15 is 0 Å². The van der Waals surface area contributed by atoms with E-state index in [1.807, 2.05) is 20.8 Å². The third kappa shape index (κ3) is 6.91. The molecule has 0 atom stereocenters. The highest BCUT2D eigenvalue weighted by molar-refractivity contribution is 9.10. The Morgan fingerprint density at radius 2 is 2.19 bits per heavy atom. The summed E-state index contributed by atoms with van der Waals surface area (Å²) >= 11 is 3.34. The molecule has 21 heavy (non-hydrogen) atoms. The van der Waals surface area contributed by atoms with Crippen molar-refractivity contribution < 1.29 is 9.53 Å². The van der Waals surface area contributed by atoms with Crippen molar-refractivity contribution in [1.29, 1.82) is 0 Å². The first-order valence-electron chi connectivity index (χ1n) is 7.33. The average molecular weight is 358 g/mol. The molecular weight excluding hydrogens is 334 g/mol. The number of hydrogen-bond donors (Lipinski definition) is 2. The second-order valence-electron chi connectivity index (χ2n) is 4.96. The van der Waals surface area contributed by atoms with Crippen LogP contribution in [-0.4, -0.2) is 36.7 Å². The Hall–Kier alpha value is -1.14. The maximum Gasteiger partial charge on any atom is 0.255 e. The molecule has 5 nitrogen and oxygen atoms in total. The van der Waals surface area contributed by atoms with Crippen molar-refractivity contribution in [3.8, 4) is 0 Å². The van der Waals surface area contributed by atoms with Gasteiger partial charge in [0.15, 0.2) is 0 Å². The van der Waals surface area contributed by atoms with Crippen molar-refractivity contribution in [2.45, 2.75) is 39.7 Å². The van der Waals surface area contributed by atoms with E-state index in [1.54, 1.807) is 12.3 Å². The Bertz CT molecular complexity index is 453. The lowest BCUT2D eigenvalue weighted by atomic mass is 10.2. The number of halogens is 1. The van der Waals surface area contributed by atoms with Crippen LogP contribution in [0.2, 0.25) is 0 Å². The van der Waals surface area contributed by atoms with E-state index in [0.717, 1.165) is 30.5 Å². The third-order valence-electron chi connectivity index (χ3n) is 2.75. The van der Waals surface area contributed by atoms with Gasteiger partial charge in [0.2, 0.25) is 0 Å². The van der Waals surface area contributed by atoms with E-state index in [-0.39, 0.29) is 12.0 Å². The lowest BCUT2D eigenvalue weighted by Crippen LogP contribution is -2.26. The molecule has 0 fully saturated rings. The summed E-state index contributed by atoms with van der Waals surface area (Å²) in [5.74, 6) is 0.505. The summed E-state index contributed by atoms with van der Waals surface area (Å²) in [7, 11) is 0. The molecule has 0 radical (unpaired) electrons. The van der Waals surface area contributed by atoms with Crippen LogP contribution in [-0.2, 0) is 4.74 Å². The second-order valence-corrected chi connectivity index (χ2v) is 5.88. The van der Waals surface area contributed by atoms with Gasteiger partial charge in [-0.2, -0.15) is 0 Å². The zero-order chi connectivity index (χ0) is 15.7. The molecule has 0 aliphatic heterocycles. The van der Waals surface area contributed by atoms with E-state index in [2.05, 4.69) is 31.5 Å². The van der Waals surface area contributed by atoms with E-state index < -0.39 is 0 Å². The average Bonchev–Trinajstić information content (AvgIpc) is 2.44. The van der Waals surface area contributed by atoms with Crippen LogP contribution in [0.5, 0.6) is 0 Å². The molecular formula is C15H24BrN3O2. The predicted octanol–water partition coefficient (Wildman–Crippen LogP) is 3.21. The third-order valence-corrected chi connectivity index (χ3v) is 3.18. The molecule has 118 valence electrons. The molecule has 1 aromatic rings. The summed E-state index contributed by atoms with van der Waals surface area (Å²) < 4.78 is 6.25. The van der Waals surface area contributed by atoms with Gasteiger partial charge >= 0.3 is 0 Å². The van der Waals surface area contributed by atoms with E-state index in [0.29, 0.717) is 17.9 Å². The van der Waals surface area contributed by atoms with Crippen LogP contribution in [0, 0.1) is 0 Å². The molecule has 2 N–H and O–H groups in total. The summed E-state index contributed by atoms with van der Waals surface area (Å²) in [4.78, 5) is 16.4. The van der Waals surface area contributed by atoms with Crippen molar-refractivity contribution in [1.82, 2.24) is 10.3 Å². The number of nitrogens with zero attached hydrogens (tertiary/aromatic N) is 1. The van der Waals surface area contributed by atoms with Crippen LogP contribution in [0.1, 0.15) is 44.0 Å². The minimum Gasteiger partial charge on any atom is -0.379 e. The molecule has 0 aliphatic rings. The first-order valence-corrected chi connectivity index (χ1v) is 8.13. The fourth-order valence-corrected chi connectivity index (χ4v) is 2.10. The van der Waals surface area contributed by atoms with Gasteiger partial charge in [0.1, 0.15) is 5.82 Å². The maximum absolute atomic E-state index is 12.2. The van der Waals surface area contributed by atoms with Crippen LogP contribution in [0.25, 0.3) is 0 Å². The fourth-order valence-electron chi connectivity index (χ4n) is 1.76. The quantitative estimate of drug-likeness (QED) is 0.666. The molecule has 1 heterocycles. The van der Waals surface area contributed by atoms with E-state index in [4.69, 9.17) is 4.74 Å². The van der Waals surface area contributed by atoms with Gasteiger partial charge < -0.3 is 15.4 Å². The normalized spacial score (nSPS) is 10.7. The van der Waals surface area contributed by atoms with Crippen molar-refractivity contribution in [2.75, 3.05) is 25.0 Å². The molecule has 0 unspecified atom stereocenters. The Kier molecular flexibility index (Phi) is 8.30. The highest BCUT2D eigenvalue weighted by Crippen LogP contribution is 2.17. The number of rotatable bonds is 9. The van der Waals surface area contributed by atoms with E-state index in [9.17, 15) is 4.79 Å². The fraction of sp³-hybridized carbons (Fsp3) is 0.600. The Labute approximate surface area is 135 Å². The first kappa shape index (κ1) is 17.9. The number of nitrogens with one attached hydrogen (secondary N) is 2. The van der Waals surface area contributed by atoms with Crippen molar-refractivity contribution in [3.63, 3.8) is 0 Å². The number of amides is 1. The molecule has 1 aromatic heterocycles. The molecule has 0 spiro atoms. The molecule has 0 bridgehead atoms. The minimum atomic E-state index is -0.107. The zero-order valence-electron chi connectivity index (χ0n) is 12.9. The molecule has 0 saturated carbocycles. The molecule has 0 aromatic carbocycles. The van der Waals surface area contributed by atoms with Crippen molar-refractivity contribution >= 4 is 27.7 Å². The van der Waals surface area contributed by atoms with Gasteiger partial charge in [0.25, 0.3) is 5.91 Å². The van der Waals surface area contributed by atoms with Crippen LogP contribution >= 0.6 is 15.9 Å². The highest BCUT2D eigenvalue weighted by Gasteiger charge is 2.12. The van der Waals surface area contributed by atoms with Crippen LogP contribution in [0.3, 0.4) is 0 Å². The predicted molar refractivity (Wildman–Crippen MR) is 88.8 cm³/mol. The lowest BCUT2D eigenvalue weighted by Gasteiger charge is -2.11. The standard InChI is InChI=1S/C15H24BrN3O2/c1-4-17-14-13(9-12(16)10-19-14)15(20)18-7-5-6-8-21-11(2)3/h9-11H,4-8H2,1-3H3,(H,17,19)(H,18,20). The maximum atomic E-state index is 12.2. The number of anilines is 1. The summed E-state index contributed by atoms with van der Waals surface area (Å²) in [5, 5.41) is 6.01. The smallest absolute Gasteiger partial charge is 0.255 e. The topological polar surface area (TPSA) is 63.2 Å². The van der Waals surface area contributed by atoms with Crippen LogP contribution < -0.4 is 10.6 Å². The van der Waals surface area contributed by atoms with Gasteiger partial charge in [0, 0.05) is 30.4 Å². The molecule has 6 heteroatoms. The van der Waals surface area contributed by atoms with Crippen LogP contribution in [0.4, 0.5) is 5.82 Å². The highest BCUT2D eigenvalue weighted by atomic mass is 79.9.